The zero-order valence-electron chi connectivity index (χ0n) is 12.8. The third-order valence-corrected chi connectivity index (χ3v) is 3.42. The summed E-state index contributed by atoms with van der Waals surface area (Å²) >= 11 is 5.93. The summed E-state index contributed by atoms with van der Waals surface area (Å²) in [7, 11) is 0. The average molecular weight is 330 g/mol. The molecule has 1 N–H and O–H groups in total. The first kappa shape index (κ1) is 15.4. The summed E-state index contributed by atoms with van der Waals surface area (Å²) in [6, 6.07) is 14.1. The van der Waals surface area contributed by atoms with Crippen LogP contribution in [0.15, 0.2) is 52.9 Å². The Morgan fingerprint density at radius 3 is 2.57 bits per heavy atom. The third kappa shape index (κ3) is 3.66. The maximum Gasteiger partial charge on any atom is 0.291 e. The van der Waals surface area contributed by atoms with Crippen LogP contribution < -0.4 is 10.1 Å². The standard InChI is InChI=1S/C18H16ClNO3/c1-11(2)22-15-6-4-14(5-7-15)20-18(21)17-10-12-9-13(19)3-8-16(12)23-17/h3-11H,1-2H3,(H,20,21). The number of nitrogens with one attached hydrogen (secondary N) is 1. The molecule has 1 aromatic heterocycles. The lowest BCUT2D eigenvalue weighted by Crippen LogP contribution is -2.11. The molecule has 0 saturated heterocycles. The maximum atomic E-state index is 12.3. The number of fused-ring (bicyclic) bond motifs is 1. The topological polar surface area (TPSA) is 51.5 Å². The molecule has 4 nitrogen and oxygen atoms in total. The second-order valence-corrected chi connectivity index (χ2v) is 5.87. The van der Waals surface area contributed by atoms with Crippen molar-refractivity contribution in [1.82, 2.24) is 0 Å². The Balaban J connectivity index is 1.74. The largest absolute Gasteiger partial charge is 0.491 e. The molecule has 3 aromatic rings. The van der Waals surface area contributed by atoms with Gasteiger partial charge in [-0.15, -0.1) is 0 Å². The summed E-state index contributed by atoms with van der Waals surface area (Å²) in [6.07, 6.45) is 0.109. The number of carbonyl (C=O) groups is 1. The Labute approximate surface area is 139 Å². The number of ether oxygens (including phenoxy) is 1. The van der Waals surface area contributed by atoms with E-state index in [0.717, 1.165) is 11.1 Å². The highest BCUT2D eigenvalue weighted by Gasteiger charge is 2.13. The summed E-state index contributed by atoms with van der Waals surface area (Å²) in [6.45, 7) is 3.92. The average Bonchev–Trinajstić information content (AvgIpc) is 2.92. The molecule has 2 aromatic carbocycles. The number of hydrogen-bond donors (Lipinski definition) is 1. The minimum absolute atomic E-state index is 0.109. The second-order valence-electron chi connectivity index (χ2n) is 5.44. The molecule has 0 saturated carbocycles. The third-order valence-electron chi connectivity index (χ3n) is 3.19. The molecule has 0 radical (unpaired) electrons. The summed E-state index contributed by atoms with van der Waals surface area (Å²) in [5.74, 6) is 0.691. The molecule has 3 rings (SSSR count). The van der Waals surface area contributed by atoms with Crippen LogP contribution >= 0.6 is 11.6 Å². The van der Waals surface area contributed by atoms with E-state index in [1.165, 1.54) is 0 Å². The van der Waals surface area contributed by atoms with Crippen molar-refractivity contribution in [1.29, 1.82) is 0 Å². The van der Waals surface area contributed by atoms with Gasteiger partial charge in [0.2, 0.25) is 0 Å². The van der Waals surface area contributed by atoms with Gasteiger partial charge in [-0.05, 0) is 62.4 Å². The van der Waals surface area contributed by atoms with Gasteiger partial charge in [0.15, 0.2) is 5.76 Å². The Hall–Kier alpha value is -2.46. The summed E-state index contributed by atoms with van der Waals surface area (Å²) in [5.41, 5.74) is 1.30. The number of amides is 1. The molecule has 5 heteroatoms. The van der Waals surface area contributed by atoms with E-state index < -0.39 is 0 Å². The van der Waals surface area contributed by atoms with Crippen LogP contribution in [0.3, 0.4) is 0 Å². The minimum Gasteiger partial charge on any atom is -0.491 e. The van der Waals surface area contributed by atoms with Crippen molar-refractivity contribution in [3.8, 4) is 5.75 Å². The Morgan fingerprint density at radius 2 is 1.87 bits per heavy atom. The van der Waals surface area contributed by atoms with Crippen LogP contribution in [0.4, 0.5) is 5.69 Å². The number of hydrogen-bond acceptors (Lipinski definition) is 3. The first-order valence-corrected chi connectivity index (χ1v) is 7.66. The van der Waals surface area contributed by atoms with Crippen molar-refractivity contribution < 1.29 is 13.9 Å². The molecule has 1 heterocycles. The molecule has 0 aliphatic carbocycles. The van der Waals surface area contributed by atoms with Gasteiger partial charge in [-0.3, -0.25) is 4.79 Å². The number of furan rings is 1. The number of halogens is 1. The van der Waals surface area contributed by atoms with Gasteiger partial charge in [0, 0.05) is 16.1 Å². The van der Waals surface area contributed by atoms with E-state index in [1.54, 1.807) is 36.4 Å². The molecule has 1 amide bonds. The monoisotopic (exact) mass is 329 g/mol. The lowest BCUT2D eigenvalue weighted by Gasteiger charge is -2.10. The first-order chi connectivity index (χ1) is 11.0. The van der Waals surface area contributed by atoms with E-state index in [0.29, 0.717) is 16.3 Å². The highest BCUT2D eigenvalue weighted by molar-refractivity contribution is 6.31. The Bertz CT molecular complexity index is 837. The molecule has 118 valence electrons. The van der Waals surface area contributed by atoms with E-state index in [-0.39, 0.29) is 17.8 Å². The van der Waals surface area contributed by atoms with Crippen molar-refractivity contribution in [2.45, 2.75) is 20.0 Å². The van der Waals surface area contributed by atoms with E-state index in [4.69, 9.17) is 20.8 Å². The predicted molar refractivity (Wildman–Crippen MR) is 91.4 cm³/mol. The predicted octanol–water partition coefficient (Wildman–Crippen LogP) is 5.13. The molecule has 0 fully saturated rings. The fourth-order valence-corrected chi connectivity index (χ4v) is 2.39. The molecule has 23 heavy (non-hydrogen) atoms. The van der Waals surface area contributed by atoms with Crippen LogP contribution in [-0.4, -0.2) is 12.0 Å². The normalized spacial score (nSPS) is 11.0. The molecule has 0 spiro atoms. The van der Waals surface area contributed by atoms with Gasteiger partial charge in [-0.2, -0.15) is 0 Å². The highest BCUT2D eigenvalue weighted by Crippen LogP contribution is 2.24. The fourth-order valence-electron chi connectivity index (χ4n) is 2.21. The highest BCUT2D eigenvalue weighted by atomic mass is 35.5. The zero-order valence-corrected chi connectivity index (χ0v) is 13.6. The quantitative estimate of drug-likeness (QED) is 0.722. The molecule has 0 aliphatic rings. The molecule has 0 bridgehead atoms. The molecule has 0 aliphatic heterocycles. The van der Waals surface area contributed by atoms with Crippen LogP contribution in [0.2, 0.25) is 5.02 Å². The molecular weight excluding hydrogens is 314 g/mol. The zero-order chi connectivity index (χ0) is 16.4. The van der Waals surface area contributed by atoms with Crippen molar-refractivity contribution in [3.05, 3.63) is 59.3 Å². The second kappa shape index (κ2) is 6.34. The van der Waals surface area contributed by atoms with E-state index in [1.807, 2.05) is 26.0 Å². The SMILES string of the molecule is CC(C)Oc1ccc(NC(=O)c2cc3cc(Cl)ccc3o2)cc1. The van der Waals surface area contributed by atoms with Gasteiger partial charge in [0.1, 0.15) is 11.3 Å². The van der Waals surface area contributed by atoms with Crippen LogP contribution in [0.1, 0.15) is 24.4 Å². The van der Waals surface area contributed by atoms with E-state index in [9.17, 15) is 4.79 Å². The van der Waals surface area contributed by atoms with Crippen molar-refractivity contribution in [3.63, 3.8) is 0 Å². The molecule has 0 unspecified atom stereocenters. The van der Waals surface area contributed by atoms with Gasteiger partial charge in [0.05, 0.1) is 6.10 Å². The van der Waals surface area contributed by atoms with Gasteiger partial charge < -0.3 is 14.5 Å². The van der Waals surface area contributed by atoms with E-state index >= 15 is 0 Å². The van der Waals surface area contributed by atoms with Crippen molar-refractivity contribution in [2.24, 2.45) is 0 Å². The lowest BCUT2D eigenvalue weighted by molar-refractivity contribution is 0.0998. The van der Waals surface area contributed by atoms with Gasteiger partial charge in [0.25, 0.3) is 5.91 Å². The Morgan fingerprint density at radius 1 is 1.13 bits per heavy atom. The maximum absolute atomic E-state index is 12.3. The van der Waals surface area contributed by atoms with Crippen molar-refractivity contribution in [2.75, 3.05) is 5.32 Å². The van der Waals surface area contributed by atoms with Crippen molar-refractivity contribution >= 4 is 34.2 Å². The lowest BCUT2D eigenvalue weighted by atomic mass is 10.2. The first-order valence-electron chi connectivity index (χ1n) is 7.28. The summed E-state index contributed by atoms with van der Waals surface area (Å²) < 4.78 is 11.1. The van der Waals surface area contributed by atoms with Crippen LogP contribution in [0.25, 0.3) is 11.0 Å². The molecule has 0 atom stereocenters. The number of carbonyl (C=O) groups excluding carboxylic acids is 1. The summed E-state index contributed by atoms with van der Waals surface area (Å²) in [4.78, 5) is 12.3. The number of benzene rings is 2. The van der Waals surface area contributed by atoms with Gasteiger partial charge >= 0.3 is 0 Å². The smallest absolute Gasteiger partial charge is 0.291 e. The minimum atomic E-state index is -0.310. The van der Waals surface area contributed by atoms with Crippen LogP contribution in [0, 0.1) is 0 Å². The fraction of sp³-hybridized carbons (Fsp3) is 0.167. The van der Waals surface area contributed by atoms with Crippen LogP contribution in [0.5, 0.6) is 5.75 Å². The number of rotatable bonds is 4. The Kier molecular flexibility index (Phi) is 4.26. The van der Waals surface area contributed by atoms with Crippen LogP contribution in [-0.2, 0) is 0 Å². The summed E-state index contributed by atoms with van der Waals surface area (Å²) in [5, 5.41) is 4.19. The van der Waals surface area contributed by atoms with E-state index in [2.05, 4.69) is 5.32 Å². The molecular formula is C18H16ClNO3. The van der Waals surface area contributed by atoms with Gasteiger partial charge in [-0.1, -0.05) is 11.6 Å². The van der Waals surface area contributed by atoms with Gasteiger partial charge in [-0.25, -0.2) is 0 Å². The number of anilines is 1.